The Morgan fingerprint density at radius 3 is 2.21 bits per heavy atom. The molecule has 2 aliphatic heterocycles. The number of phenols is 1. The highest BCUT2D eigenvalue weighted by molar-refractivity contribution is 5.95. The zero-order valence-corrected chi connectivity index (χ0v) is 22.7. The van der Waals surface area contributed by atoms with Gasteiger partial charge in [-0.25, -0.2) is 0 Å². The van der Waals surface area contributed by atoms with Crippen molar-refractivity contribution in [3.05, 3.63) is 34.5 Å². The van der Waals surface area contributed by atoms with Crippen molar-refractivity contribution >= 4 is 21.9 Å². The van der Waals surface area contributed by atoms with Gasteiger partial charge >= 0.3 is 0 Å². The molecule has 10 atom stereocenters. The van der Waals surface area contributed by atoms with Crippen LogP contribution in [-0.4, -0.2) is 118 Å². The van der Waals surface area contributed by atoms with Gasteiger partial charge in [0.25, 0.3) is 0 Å². The van der Waals surface area contributed by atoms with Crippen molar-refractivity contribution < 1.29 is 68.6 Å². The second-order valence-electron chi connectivity index (χ2n) is 10.1. The van der Waals surface area contributed by atoms with Crippen LogP contribution in [0.2, 0.25) is 0 Å². The fraction of sp³-hybridized carbons (Fsp3) is 0.519. The van der Waals surface area contributed by atoms with Crippen molar-refractivity contribution in [2.45, 2.75) is 68.3 Å². The number of benzene rings is 2. The summed E-state index contributed by atoms with van der Waals surface area (Å²) in [5.74, 6) is -0.180. The van der Waals surface area contributed by atoms with Crippen LogP contribution >= 0.6 is 0 Å². The first-order chi connectivity index (χ1) is 20.0. The smallest absolute Gasteiger partial charge is 0.229 e. The molecule has 15 heteroatoms. The molecule has 0 unspecified atom stereocenters. The van der Waals surface area contributed by atoms with Gasteiger partial charge < -0.3 is 68.6 Å². The lowest BCUT2D eigenvalue weighted by Gasteiger charge is -2.45. The monoisotopic (exact) mass is 596 g/mol. The Hall–Kier alpha value is -3.25. The lowest BCUT2D eigenvalue weighted by molar-refractivity contribution is -0.354. The van der Waals surface area contributed by atoms with E-state index in [0.29, 0.717) is 0 Å². The molecule has 15 nitrogen and oxygen atoms in total. The molecule has 3 heterocycles. The summed E-state index contributed by atoms with van der Waals surface area (Å²) in [5.41, 5.74) is -0.531. The van der Waals surface area contributed by atoms with Gasteiger partial charge in [0.05, 0.1) is 32.3 Å². The molecular formula is C27H32O15. The number of fused-ring (bicyclic) bond motifs is 2. The predicted octanol–water partition coefficient (Wildman–Crippen LogP) is -1.30. The molecule has 0 aliphatic carbocycles. The van der Waals surface area contributed by atoms with E-state index in [-0.39, 0.29) is 44.9 Å². The van der Waals surface area contributed by atoms with Gasteiger partial charge in [-0.15, -0.1) is 0 Å². The van der Waals surface area contributed by atoms with Crippen LogP contribution in [0.1, 0.15) is 6.92 Å². The van der Waals surface area contributed by atoms with Crippen molar-refractivity contribution in [3.8, 4) is 23.0 Å². The molecule has 0 saturated carbocycles. The average Bonchev–Trinajstić information content (AvgIpc) is 2.97. The molecular weight excluding hydrogens is 564 g/mol. The van der Waals surface area contributed by atoms with Gasteiger partial charge in [-0.3, -0.25) is 4.79 Å². The van der Waals surface area contributed by atoms with Gasteiger partial charge in [0, 0.05) is 18.2 Å². The highest BCUT2D eigenvalue weighted by Crippen LogP contribution is 2.38. The standard InChI is InChI=1S/C27H32O15/c1-9-19(30)22(33)24(35)26(38-9)42-25-23(34)21(32)17(8-28)41-27(25)40-15-7-13-11(6-14(15)37-3)20(31)18-12(29)4-10(36-2)5-16(18)39-13/h4-7,9,17,19,21-30,32-35H,8H2,1-3H3/t9-,17+,19-,21+,22+,23-,24+,25+,26-,27+/m0/s1. The normalized spacial score (nSPS) is 33.5. The maximum absolute atomic E-state index is 13.3. The molecule has 2 aromatic carbocycles. The van der Waals surface area contributed by atoms with Gasteiger partial charge in [0.15, 0.2) is 23.9 Å². The quantitative estimate of drug-likeness (QED) is 0.157. The van der Waals surface area contributed by atoms with Gasteiger partial charge in [0.1, 0.15) is 64.7 Å². The van der Waals surface area contributed by atoms with E-state index < -0.39 is 73.4 Å². The lowest BCUT2D eigenvalue weighted by atomic mass is 9.97. The highest BCUT2D eigenvalue weighted by Gasteiger charge is 2.51. The number of aromatic hydroxyl groups is 1. The summed E-state index contributed by atoms with van der Waals surface area (Å²) in [6.45, 7) is 0.720. The molecule has 2 saturated heterocycles. The third-order valence-electron chi connectivity index (χ3n) is 7.42. The predicted molar refractivity (Wildman–Crippen MR) is 140 cm³/mol. The first kappa shape index (κ1) is 30.2. The van der Waals surface area contributed by atoms with E-state index >= 15 is 0 Å². The minimum absolute atomic E-state index is 0.00628. The van der Waals surface area contributed by atoms with Crippen LogP contribution in [0.4, 0.5) is 0 Å². The molecule has 0 amide bonds. The highest BCUT2D eigenvalue weighted by atomic mass is 16.8. The van der Waals surface area contributed by atoms with Crippen LogP contribution < -0.4 is 19.6 Å². The number of hydrogen-bond acceptors (Lipinski definition) is 15. The first-order valence-corrected chi connectivity index (χ1v) is 13.0. The summed E-state index contributed by atoms with van der Waals surface area (Å²) in [4.78, 5) is 13.3. The van der Waals surface area contributed by atoms with E-state index in [2.05, 4.69) is 0 Å². The number of rotatable bonds is 7. The molecule has 1 aromatic heterocycles. The van der Waals surface area contributed by atoms with E-state index in [1.165, 1.54) is 45.4 Å². The number of hydrogen-bond donors (Lipinski definition) is 7. The van der Waals surface area contributed by atoms with E-state index in [0.717, 1.165) is 0 Å². The second-order valence-corrected chi connectivity index (χ2v) is 10.1. The van der Waals surface area contributed by atoms with Crippen LogP contribution in [0.5, 0.6) is 23.0 Å². The number of aliphatic hydroxyl groups excluding tert-OH is 6. The Kier molecular flexibility index (Phi) is 8.48. The second kappa shape index (κ2) is 11.8. The molecule has 5 rings (SSSR count). The summed E-state index contributed by atoms with van der Waals surface area (Å²) >= 11 is 0. The third kappa shape index (κ3) is 5.23. The number of ether oxygens (including phenoxy) is 6. The van der Waals surface area contributed by atoms with Crippen LogP contribution in [0.15, 0.2) is 33.5 Å². The molecule has 7 N–H and O–H groups in total. The third-order valence-corrected chi connectivity index (χ3v) is 7.42. The zero-order valence-electron chi connectivity index (χ0n) is 22.7. The van der Waals surface area contributed by atoms with Crippen molar-refractivity contribution in [2.24, 2.45) is 0 Å². The Balaban J connectivity index is 1.54. The van der Waals surface area contributed by atoms with Crippen molar-refractivity contribution in [3.63, 3.8) is 0 Å². The van der Waals surface area contributed by atoms with Gasteiger partial charge in [-0.05, 0) is 13.0 Å². The Labute approximate surface area is 237 Å². The molecule has 0 radical (unpaired) electrons. The van der Waals surface area contributed by atoms with E-state index in [1.54, 1.807) is 0 Å². The fourth-order valence-corrected chi connectivity index (χ4v) is 5.01. The van der Waals surface area contributed by atoms with Crippen molar-refractivity contribution in [1.29, 1.82) is 0 Å². The van der Waals surface area contributed by atoms with E-state index in [4.69, 9.17) is 32.8 Å². The van der Waals surface area contributed by atoms with Crippen LogP contribution in [0, 0.1) is 0 Å². The molecule has 2 aliphatic rings. The molecule has 0 spiro atoms. The minimum Gasteiger partial charge on any atom is -0.507 e. The first-order valence-electron chi connectivity index (χ1n) is 13.0. The molecule has 42 heavy (non-hydrogen) atoms. The molecule has 230 valence electrons. The van der Waals surface area contributed by atoms with Crippen LogP contribution in [-0.2, 0) is 14.2 Å². The number of aliphatic hydroxyl groups is 6. The molecule has 3 aromatic rings. The summed E-state index contributed by atoms with van der Waals surface area (Å²) in [6.07, 6.45) is -15.3. The topological polar surface area (TPSA) is 227 Å². The van der Waals surface area contributed by atoms with Crippen LogP contribution in [0.25, 0.3) is 21.9 Å². The van der Waals surface area contributed by atoms with Crippen LogP contribution in [0.3, 0.4) is 0 Å². The fourth-order valence-electron chi connectivity index (χ4n) is 5.01. The number of phenolic OH excluding ortho intramolecular Hbond substituents is 1. The maximum atomic E-state index is 13.3. The largest absolute Gasteiger partial charge is 0.507 e. The Bertz CT molecular complexity index is 1490. The van der Waals surface area contributed by atoms with Gasteiger partial charge in [-0.1, -0.05) is 0 Å². The maximum Gasteiger partial charge on any atom is 0.229 e. The molecule has 0 bridgehead atoms. The summed E-state index contributed by atoms with van der Waals surface area (Å²) in [5, 5.41) is 72.1. The lowest BCUT2D eigenvalue weighted by Crippen LogP contribution is -2.64. The Morgan fingerprint density at radius 1 is 0.810 bits per heavy atom. The van der Waals surface area contributed by atoms with Gasteiger partial charge in [-0.2, -0.15) is 0 Å². The zero-order chi connectivity index (χ0) is 30.5. The molecule has 2 fully saturated rings. The van der Waals surface area contributed by atoms with Crippen molar-refractivity contribution in [1.82, 2.24) is 0 Å². The van der Waals surface area contributed by atoms with E-state index in [1.807, 2.05) is 0 Å². The minimum atomic E-state index is -1.75. The summed E-state index contributed by atoms with van der Waals surface area (Å²) in [6, 6.07) is 5.29. The SMILES string of the molecule is COc1cc(O)c2c(=O)c3cc(OC)c(O[C@@H]4O[C@H](CO)[C@@H](O)[C@H](O)[C@H]4O[C@@H]4O[C@@H](C)[C@H](O)[C@@H](O)[C@H]4O)cc3oc2c1. The average molecular weight is 597 g/mol. The summed E-state index contributed by atoms with van der Waals surface area (Å²) < 4.78 is 39.3. The summed E-state index contributed by atoms with van der Waals surface area (Å²) in [7, 11) is 2.68. The Morgan fingerprint density at radius 2 is 1.55 bits per heavy atom. The van der Waals surface area contributed by atoms with Crippen molar-refractivity contribution in [2.75, 3.05) is 20.8 Å². The van der Waals surface area contributed by atoms with Gasteiger partial charge in [0.2, 0.25) is 11.7 Å². The number of methoxy groups -OCH3 is 2. The van der Waals surface area contributed by atoms with E-state index in [9.17, 15) is 40.5 Å².